The minimum Gasteiger partial charge on any atom is -0.481 e. The van der Waals surface area contributed by atoms with Gasteiger partial charge in [0.15, 0.2) is 0 Å². The molecule has 1 aliphatic rings. The van der Waals surface area contributed by atoms with Crippen LogP contribution >= 0.6 is 0 Å². The van der Waals surface area contributed by atoms with Crippen molar-refractivity contribution in [1.29, 1.82) is 0 Å². The molecule has 20 heavy (non-hydrogen) atoms. The highest BCUT2D eigenvalue weighted by atomic mass is 16.4. The Bertz CT molecular complexity index is 400. The Balaban J connectivity index is 2.54. The van der Waals surface area contributed by atoms with Gasteiger partial charge in [0.05, 0.1) is 5.92 Å². The average molecular weight is 284 g/mol. The van der Waals surface area contributed by atoms with Crippen LogP contribution in [0.25, 0.3) is 0 Å². The second-order valence-corrected chi connectivity index (χ2v) is 6.44. The maximum absolute atomic E-state index is 12.0. The van der Waals surface area contributed by atoms with Gasteiger partial charge < -0.3 is 15.7 Å². The van der Waals surface area contributed by atoms with Crippen LogP contribution in [0.15, 0.2) is 0 Å². The first-order chi connectivity index (χ1) is 9.12. The second kappa shape index (κ2) is 6.24. The topological polar surface area (TPSA) is 95.5 Å². The maximum atomic E-state index is 12.0. The highest BCUT2D eigenvalue weighted by Gasteiger charge is 2.35. The van der Waals surface area contributed by atoms with E-state index in [1.54, 1.807) is 27.7 Å². The van der Waals surface area contributed by atoms with Crippen molar-refractivity contribution < 1.29 is 19.5 Å². The molecule has 3 N–H and O–H groups in total. The molecule has 0 aromatic rings. The van der Waals surface area contributed by atoms with Crippen molar-refractivity contribution in [2.75, 3.05) is 0 Å². The zero-order valence-electron chi connectivity index (χ0n) is 12.5. The highest BCUT2D eigenvalue weighted by molar-refractivity contribution is 5.89. The first kappa shape index (κ1) is 16.5. The van der Waals surface area contributed by atoms with Crippen molar-refractivity contribution >= 4 is 17.8 Å². The van der Waals surface area contributed by atoms with Gasteiger partial charge in [0.2, 0.25) is 11.8 Å². The molecular weight excluding hydrogens is 260 g/mol. The third kappa shape index (κ3) is 4.21. The van der Waals surface area contributed by atoms with Crippen molar-refractivity contribution in [3.63, 3.8) is 0 Å². The van der Waals surface area contributed by atoms with Crippen molar-refractivity contribution in [3.8, 4) is 0 Å². The molecule has 0 heterocycles. The summed E-state index contributed by atoms with van der Waals surface area (Å²) < 4.78 is 0. The summed E-state index contributed by atoms with van der Waals surface area (Å²) >= 11 is 0. The van der Waals surface area contributed by atoms with E-state index in [9.17, 15) is 14.4 Å². The molecule has 2 amide bonds. The van der Waals surface area contributed by atoms with E-state index < -0.39 is 23.3 Å². The van der Waals surface area contributed by atoms with E-state index in [0.717, 1.165) is 6.42 Å². The van der Waals surface area contributed by atoms with Gasteiger partial charge in [-0.3, -0.25) is 14.4 Å². The number of rotatable bonds is 4. The van der Waals surface area contributed by atoms with E-state index in [0.29, 0.717) is 12.8 Å². The Morgan fingerprint density at radius 3 is 2.30 bits per heavy atom. The quantitative estimate of drug-likeness (QED) is 0.715. The minimum absolute atomic E-state index is 0.207. The molecule has 1 aliphatic carbocycles. The van der Waals surface area contributed by atoms with Crippen LogP contribution in [0.3, 0.4) is 0 Å². The molecule has 0 spiro atoms. The molecule has 3 atom stereocenters. The Labute approximate surface area is 119 Å². The number of carboxylic acid groups (broad SMARTS) is 1. The Morgan fingerprint density at radius 1 is 1.20 bits per heavy atom. The summed E-state index contributed by atoms with van der Waals surface area (Å²) in [6.45, 7) is 6.91. The molecule has 0 saturated heterocycles. The van der Waals surface area contributed by atoms with Gasteiger partial charge in [0.25, 0.3) is 0 Å². The average Bonchev–Trinajstić information content (AvgIpc) is 2.75. The smallest absolute Gasteiger partial charge is 0.308 e. The maximum Gasteiger partial charge on any atom is 0.308 e. The van der Waals surface area contributed by atoms with Crippen molar-refractivity contribution in [2.24, 2.45) is 11.3 Å². The van der Waals surface area contributed by atoms with Crippen molar-refractivity contribution in [2.45, 2.75) is 59.0 Å². The molecule has 114 valence electrons. The number of carbonyl (C=O) groups excluding carboxylic acids is 2. The molecule has 1 rings (SSSR count). The number of aliphatic carboxylic acids is 1. The molecular formula is C14H24N2O4. The molecule has 1 unspecified atom stereocenters. The number of nitrogens with one attached hydrogen (secondary N) is 2. The van der Waals surface area contributed by atoms with E-state index in [2.05, 4.69) is 10.6 Å². The third-order valence-corrected chi connectivity index (χ3v) is 3.58. The monoisotopic (exact) mass is 284 g/mol. The summed E-state index contributed by atoms with van der Waals surface area (Å²) in [7, 11) is 0. The summed E-state index contributed by atoms with van der Waals surface area (Å²) in [6, 6.07) is -1.01. The molecule has 6 heteroatoms. The molecule has 0 aromatic heterocycles. The summed E-state index contributed by atoms with van der Waals surface area (Å²) in [5.41, 5.74) is -0.564. The van der Waals surface area contributed by atoms with Gasteiger partial charge in [0.1, 0.15) is 6.04 Å². The van der Waals surface area contributed by atoms with Gasteiger partial charge >= 0.3 is 5.97 Å². The SMILES string of the molecule is CC(NC(=O)C(C)(C)C)C(=O)N[C@@H]1CCC[C@@H]1C(=O)O. The third-order valence-electron chi connectivity index (χ3n) is 3.58. The minimum atomic E-state index is -0.876. The Kier molecular flexibility index (Phi) is 5.14. The molecule has 6 nitrogen and oxygen atoms in total. The standard InChI is InChI=1S/C14H24N2O4/c1-8(15-13(20)14(2,3)4)11(17)16-10-7-5-6-9(10)12(18)19/h8-10H,5-7H2,1-4H3,(H,15,20)(H,16,17)(H,18,19)/t8?,9-,10+/m0/s1. The number of amides is 2. The predicted molar refractivity (Wildman–Crippen MR) is 74.0 cm³/mol. The first-order valence-electron chi connectivity index (χ1n) is 6.97. The summed E-state index contributed by atoms with van der Waals surface area (Å²) in [5, 5.41) is 14.4. The van der Waals surface area contributed by atoms with Crippen LogP contribution in [0.4, 0.5) is 0 Å². The van der Waals surface area contributed by atoms with E-state index in [1.165, 1.54) is 0 Å². The number of carbonyl (C=O) groups is 3. The van der Waals surface area contributed by atoms with Gasteiger partial charge in [-0.15, -0.1) is 0 Å². The summed E-state index contributed by atoms with van der Waals surface area (Å²) in [5.74, 6) is -1.94. The van der Waals surface area contributed by atoms with Crippen LogP contribution in [0.2, 0.25) is 0 Å². The van der Waals surface area contributed by atoms with E-state index >= 15 is 0 Å². The van der Waals surface area contributed by atoms with Gasteiger partial charge in [-0.2, -0.15) is 0 Å². The fourth-order valence-corrected chi connectivity index (χ4v) is 2.21. The molecule has 0 aromatic carbocycles. The number of hydrogen-bond acceptors (Lipinski definition) is 3. The lowest BCUT2D eigenvalue weighted by molar-refractivity contribution is -0.142. The molecule has 0 bridgehead atoms. The molecule has 0 radical (unpaired) electrons. The fourth-order valence-electron chi connectivity index (χ4n) is 2.21. The van der Waals surface area contributed by atoms with Crippen LogP contribution in [0, 0.1) is 11.3 Å². The van der Waals surface area contributed by atoms with Gasteiger partial charge in [-0.05, 0) is 19.8 Å². The lowest BCUT2D eigenvalue weighted by Crippen LogP contribution is -2.51. The fraction of sp³-hybridized carbons (Fsp3) is 0.786. The zero-order valence-corrected chi connectivity index (χ0v) is 12.5. The Hall–Kier alpha value is -1.59. The largest absolute Gasteiger partial charge is 0.481 e. The van der Waals surface area contributed by atoms with E-state index in [-0.39, 0.29) is 17.9 Å². The first-order valence-corrected chi connectivity index (χ1v) is 6.97. The normalized spacial score (nSPS) is 24.0. The van der Waals surface area contributed by atoms with Crippen molar-refractivity contribution in [3.05, 3.63) is 0 Å². The van der Waals surface area contributed by atoms with Crippen LogP contribution in [0.1, 0.15) is 47.0 Å². The lowest BCUT2D eigenvalue weighted by Gasteiger charge is -2.24. The summed E-state index contributed by atoms with van der Waals surface area (Å²) in [4.78, 5) is 34.9. The van der Waals surface area contributed by atoms with E-state index in [1.807, 2.05) is 0 Å². The van der Waals surface area contributed by atoms with Crippen LogP contribution in [0.5, 0.6) is 0 Å². The van der Waals surface area contributed by atoms with Crippen LogP contribution in [-0.4, -0.2) is 35.0 Å². The Morgan fingerprint density at radius 2 is 1.80 bits per heavy atom. The summed E-state index contributed by atoms with van der Waals surface area (Å²) in [6.07, 6.45) is 2.05. The predicted octanol–water partition coefficient (Wildman–Crippen LogP) is 0.907. The second-order valence-electron chi connectivity index (χ2n) is 6.44. The van der Waals surface area contributed by atoms with Crippen LogP contribution in [-0.2, 0) is 14.4 Å². The number of hydrogen-bond donors (Lipinski definition) is 3. The van der Waals surface area contributed by atoms with Gasteiger partial charge in [-0.1, -0.05) is 27.2 Å². The van der Waals surface area contributed by atoms with Gasteiger partial charge in [-0.25, -0.2) is 0 Å². The zero-order chi connectivity index (χ0) is 15.5. The van der Waals surface area contributed by atoms with Gasteiger partial charge in [0, 0.05) is 11.5 Å². The molecule has 0 aliphatic heterocycles. The lowest BCUT2D eigenvalue weighted by atomic mass is 9.95. The van der Waals surface area contributed by atoms with E-state index in [4.69, 9.17) is 5.11 Å². The van der Waals surface area contributed by atoms with Crippen molar-refractivity contribution in [1.82, 2.24) is 10.6 Å². The number of carboxylic acids is 1. The molecule has 1 fully saturated rings. The molecule has 1 saturated carbocycles. The van der Waals surface area contributed by atoms with Crippen LogP contribution < -0.4 is 10.6 Å². The highest BCUT2D eigenvalue weighted by Crippen LogP contribution is 2.25.